The summed E-state index contributed by atoms with van der Waals surface area (Å²) < 4.78 is 10.8. The molecule has 0 amide bonds. The Hall–Kier alpha value is 0.110. The van der Waals surface area contributed by atoms with Gasteiger partial charge in [-0.05, 0) is 26.3 Å². The molecular formula is C6H14NO3P. The maximum absolute atomic E-state index is 10.8. The first-order valence-electron chi connectivity index (χ1n) is 3.80. The molecule has 1 aliphatic heterocycles. The summed E-state index contributed by atoms with van der Waals surface area (Å²) in [6.45, 7) is 2.48. The largest absolute Gasteiger partial charge is 0.329 e. The van der Waals surface area contributed by atoms with Gasteiger partial charge < -0.3 is 15.1 Å². The van der Waals surface area contributed by atoms with Crippen LogP contribution < -0.4 is 5.32 Å². The minimum atomic E-state index is -3.87. The van der Waals surface area contributed by atoms with Crippen LogP contribution in [0.1, 0.15) is 19.8 Å². The van der Waals surface area contributed by atoms with Crippen LogP contribution in [0, 0.1) is 0 Å². The lowest BCUT2D eigenvalue weighted by Crippen LogP contribution is -2.32. The van der Waals surface area contributed by atoms with Crippen molar-refractivity contribution in [3.05, 3.63) is 0 Å². The molecule has 66 valence electrons. The highest BCUT2D eigenvalue weighted by molar-refractivity contribution is 7.52. The highest BCUT2D eigenvalue weighted by Crippen LogP contribution is 2.43. The van der Waals surface area contributed by atoms with E-state index in [2.05, 4.69) is 5.32 Å². The van der Waals surface area contributed by atoms with Gasteiger partial charge in [0.2, 0.25) is 0 Å². The smallest absolute Gasteiger partial charge is 0.324 e. The van der Waals surface area contributed by atoms with Crippen molar-refractivity contribution in [2.45, 2.75) is 31.5 Å². The molecule has 1 rings (SSSR count). The van der Waals surface area contributed by atoms with Gasteiger partial charge >= 0.3 is 7.60 Å². The number of hydrogen-bond donors (Lipinski definition) is 3. The molecule has 1 saturated heterocycles. The van der Waals surface area contributed by atoms with Crippen LogP contribution in [0.5, 0.6) is 0 Å². The van der Waals surface area contributed by atoms with Gasteiger partial charge in [0.25, 0.3) is 0 Å². The van der Waals surface area contributed by atoms with Gasteiger partial charge in [-0.15, -0.1) is 0 Å². The predicted octanol–water partition coefficient (Wildman–Crippen LogP) is 0.305. The van der Waals surface area contributed by atoms with Crippen LogP contribution in [0.4, 0.5) is 0 Å². The van der Waals surface area contributed by atoms with E-state index in [-0.39, 0.29) is 6.04 Å². The average Bonchev–Trinajstić information content (AvgIpc) is 2.34. The molecule has 0 saturated carbocycles. The summed E-state index contributed by atoms with van der Waals surface area (Å²) in [6.07, 6.45) is 1.90. The summed E-state index contributed by atoms with van der Waals surface area (Å²) in [6, 6.07) is 0.0100. The van der Waals surface area contributed by atoms with Crippen LogP contribution in [0.2, 0.25) is 0 Å². The molecule has 0 radical (unpaired) electrons. The van der Waals surface area contributed by atoms with Crippen LogP contribution in [-0.2, 0) is 4.57 Å². The average molecular weight is 179 g/mol. The van der Waals surface area contributed by atoms with Gasteiger partial charge in [-0.25, -0.2) is 0 Å². The van der Waals surface area contributed by atoms with Crippen molar-refractivity contribution in [2.24, 2.45) is 0 Å². The first kappa shape index (κ1) is 9.20. The Labute approximate surface area is 66.2 Å². The molecular weight excluding hydrogens is 165 g/mol. The van der Waals surface area contributed by atoms with Crippen molar-refractivity contribution in [2.75, 3.05) is 6.54 Å². The molecule has 2 atom stereocenters. The normalized spacial score (nSPS) is 28.8. The van der Waals surface area contributed by atoms with E-state index in [0.29, 0.717) is 0 Å². The van der Waals surface area contributed by atoms with E-state index >= 15 is 0 Å². The third kappa shape index (κ3) is 2.27. The summed E-state index contributed by atoms with van der Waals surface area (Å²) in [7, 11) is -3.87. The SMILES string of the molecule is CC(C1CCCN1)P(=O)(O)O. The fourth-order valence-corrected chi connectivity index (χ4v) is 2.08. The second-order valence-corrected chi connectivity index (χ2v) is 5.03. The van der Waals surface area contributed by atoms with Crippen LogP contribution in [0.3, 0.4) is 0 Å². The third-order valence-corrected chi connectivity index (χ3v) is 3.63. The van der Waals surface area contributed by atoms with E-state index in [1.807, 2.05) is 0 Å². The van der Waals surface area contributed by atoms with Crippen molar-refractivity contribution >= 4 is 7.60 Å². The molecule has 1 fully saturated rings. The Morgan fingerprint density at radius 1 is 1.64 bits per heavy atom. The molecule has 11 heavy (non-hydrogen) atoms. The molecule has 0 aromatic rings. The minimum absolute atomic E-state index is 0.0100. The molecule has 2 unspecified atom stereocenters. The summed E-state index contributed by atoms with van der Waals surface area (Å²) in [5.74, 6) is 0. The lowest BCUT2D eigenvalue weighted by Gasteiger charge is -2.19. The van der Waals surface area contributed by atoms with Gasteiger partial charge in [0.05, 0.1) is 5.66 Å². The van der Waals surface area contributed by atoms with E-state index in [1.165, 1.54) is 0 Å². The van der Waals surface area contributed by atoms with Crippen LogP contribution >= 0.6 is 7.60 Å². The van der Waals surface area contributed by atoms with Gasteiger partial charge in [0.1, 0.15) is 0 Å². The summed E-state index contributed by atoms with van der Waals surface area (Å²) in [5, 5.41) is 3.07. The highest BCUT2D eigenvalue weighted by atomic mass is 31.2. The van der Waals surface area contributed by atoms with E-state index in [0.717, 1.165) is 19.4 Å². The topological polar surface area (TPSA) is 69.6 Å². The molecule has 3 N–H and O–H groups in total. The first-order valence-corrected chi connectivity index (χ1v) is 5.48. The van der Waals surface area contributed by atoms with E-state index in [9.17, 15) is 4.57 Å². The number of rotatable bonds is 2. The molecule has 5 heteroatoms. The fourth-order valence-electron chi connectivity index (χ4n) is 1.36. The Morgan fingerprint density at radius 2 is 2.27 bits per heavy atom. The van der Waals surface area contributed by atoms with Crippen molar-refractivity contribution in [3.8, 4) is 0 Å². The van der Waals surface area contributed by atoms with E-state index in [1.54, 1.807) is 6.92 Å². The lowest BCUT2D eigenvalue weighted by molar-refractivity contribution is 0.348. The maximum atomic E-state index is 10.8. The van der Waals surface area contributed by atoms with Crippen molar-refractivity contribution in [1.29, 1.82) is 0 Å². The Balaban J connectivity index is 2.53. The molecule has 1 heterocycles. The second-order valence-electron chi connectivity index (χ2n) is 3.03. The quantitative estimate of drug-likeness (QED) is 0.533. The second kappa shape index (κ2) is 3.23. The summed E-state index contributed by atoms with van der Waals surface area (Å²) in [5.41, 5.74) is -0.537. The Morgan fingerprint density at radius 3 is 2.64 bits per heavy atom. The van der Waals surface area contributed by atoms with Gasteiger partial charge in [0.15, 0.2) is 0 Å². The third-order valence-electron chi connectivity index (χ3n) is 2.21. The number of nitrogens with one attached hydrogen (secondary N) is 1. The molecule has 0 aromatic carbocycles. The van der Waals surface area contributed by atoms with Gasteiger partial charge in [-0.1, -0.05) is 0 Å². The molecule has 1 aliphatic rings. The maximum Gasteiger partial charge on any atom is 0.329 e. The first-order chi connectivity index (χ1) is 5.02. The van der Waals surface area contributed by atoms with Gasteiger partial charge in [-0.3, -0.25) is 4.57 Å². The molecule has 4 nitrogen and oxygen atoms in total. The monoisotopic (exact) mass is 179 g/mol. The Kier molecular flexibility index (Phi) is 2.70. The van der Waals surface area contributed by atoms with Gasteiger partial charge in [0, 0.05) is 6.04 Å². The van der Waals surface area contributed by atoms with Crippen molar-refractivity contribution < 1.29 is 14.4 Å². The van der Waals surface area contributed by atoms with Gasteiger partial charge in [-0.2, -0.15) is 0 Å². The molecule has 0 bridgehead atoms. The van der Waals surface area contributed by atoms with Crippen LogP contribution in [0.15, 0.2) is 0 Å². The molecule has 0 aliphatic carbocycles. The molecule has 0 aromatic heterocycles. The van der Waals surface area contributed by atoms with E-state index < -0.39 is 13.3 Å². The van der Waals surface area contributed by atoms with Crippen molar-refractivity contribution in [3.63, 3.8) is 0 Å². The summed E-state index contributed by atoms with van der Waals surface area (Å²) >= 11 is 0. The van der Waals surface area contributed by atoms with E-state index in [4.69, 9.17) is 9.79 Å². The predicted molar refractivity (Wildman–Crippen MR) is 42.5 cm³/mol. The van der Waals surface area contributed by atoms with Crippen LogP contribution in [-0.4, -0.2) is 28.0 Å². The molecule has 0 spiro atoms. The minimum Gasteiger partial charge on any atom is -0.324 e. The zero-order valence-corrected chi connectivity index (χ0v) is 7.42. The van der Waals surface area contributed by atoms with Crippen molar-refractivity contribution in [1.82, 2.24) is 5.32 Å². The van der Waals surface area contributed by atoms with Crippen LogP contribution in [0.25, 0.3) is 0 Å². The zero-order valence-electron chi connectivity index (χ0n) is 6.53. The summed E-state index contributed by atoms with van der Waals surface area (Å²) in [4.78, 5) is 17.6. The fraction of sp³-hybridized carbons (Fsp3) is 1.00. The number of hydrogen-bond acceptors (Lipinski definition) is 2. The Bertz CT molecular complexity index is 173. The lowest BCUT2D eigenvalue weighted by atomic mass is 10.2. The zero-order chi connectivity index (χ0) is 8.48. The standard InChI is InChI=1S/C6H14NO3P/c1-5(11(8,9)10)6-3-2-4-7-6/h5-7H,2-4H2,1H3,(H2,8,9,10). The highest BCUT2D eigenvalue weighted by Gasteiger charge is 2.33.